The zero-order valence-corrected chi connectivity index (χ0v) is 12.6. The van der Waals surface area contributed by atoms with Crippen molar-refractivity contribution in [3.63, 3.8) is 0 Å². The van der Waals surface area contributed by atoms with Gasteiger partial charge in [-0.3, -0.25) is 0 Å². The Morgan fingerprint density at radius 3 is 2.68 bits per heavy atom. The molecule has 1 aromatic heterocycles. The van der Waals surface area contributed by atoms with E-state index in [9.17, 15) is 0 Å². The van der Waals surface area contributed by atoms with Crippen LogP contribution in [0.4, 0.5) is 0 Å². The van der Waals surface area contributed by atoms with Gasteiger partial charge in [0.15, 0.2) is 0 Å². The van der Waals surface area contributed by atoms with Crippen LogP contribution in [0.2, 0.25) is 0 Å². The lowest BCUT2D eigenvalue weighted by Gasteiger charge is -2.18. The Morgan fingerprint density at radius 1 is 1.21 bits per heavy atom. The molecule has 19 heavy (non-hydrogen) atoms. The van der Waals surface area contributed by atoms with Gasteiger partial charge in [0, 0.05) is 4.88 Å². The Labute approximate surface area is 119 Å². The van der Waals surface area contributed by atoms with Crippen LogP contribution in [-0.2, 0) is 0 Å². The largest absolute Gasteiger partial charge is 0.494 e. The molecule has 1 aromatic carbocycles. The first-order chi connectivity index (χ1) is 9.24. The minimum absolute atomic E-state index is 0.246. The molecule has 0 aliphatic heterocycles. The second kappa shape index (κ2) is 6.73. The molecule has 0 radical (unpaired) electrons. The number of rotatable bonds is 6. The fraction of sp³-hybridized carbons (Fsp3) is 0.375. The molecule has 2 rings (SSSR count). The average molecular weight is 275 g/mol. The summed E-state index contributed by atoms with van der Waals surface area (Å²) in [6.07, 6.45) is 0. The van der Waals surface area contributed by atoms with E-state index in [1.54, 1.807) is 11.3 Å². The van der Waals surface area contributed by atoms with Crippen molar-refractivity contribution in [3.8, 4) is 5.75 Å². The monoisotopic (exact) mass is 275 g/mol. The maximum Gasteiger partial charge on any atom is 0.119 e. The summed E-state index contributed by atoms with van der Waals surface area (Å²) in [5, 5.41) is 5.78. The molecule has 102 valence electrons. The molecule has 1 atom stereocenters. The van der Waals surface area contributed by atoms with Crippen LogP contribution in [-0.4, -0.2) is 13.2 Å². The molecule has 2 aromatic rings. The minimum Gasteiger partial charge on any atom is -0.494 e. The van der Waals surface area contributed by atoms with Crippen molar-refractivity contribution >= 4 is 11.3 Å². The Kier molecular flexibility index (Phi) is 5.00. The fourth-order valence-corrected chi connectivity index (χ4v) is 2.93. The quantitative estimate of drug-likeness (QED) is 0.855. The molecule has 0 saturated heterocycles. The van der Waals surface area contributed by atoms with Crippen molar-refractivity contribution < 1.29 is 4.74 Å². The van der Waals surface area contributed by atoms with Crippen LogP contribution in [0.25, 0.3) is 0 Å². The minimum atomic E-state index is 0.246. The van der Waals surface area contributed by atoms with Gasteiger partial charge in [-0.2, -0.15) is 0 Å². The molecule has 0 aliphatic rings. The van der Waals surface area contributed by atoms with Crippen molar-refractivity contribution in [1.29, 1.82) is 0 Å². The van der Waals surface area contributed by atoms with E-state index in [1.165, 1.54) is 16.0 Å². The molecule has 0 amide bonds. The Hall–Kier alpha value is -1.32. The highest BCUT2D eigenvalue weighted by molar-refractivity contribution is 7.10. The van der Waals surface area contributed by atoms with Gasteiger partial charge in [0.2, 0.25) is 0 Å². The zero-order valence-electron chi connectivity index (χ0n) is 11.8. The van der Waals surface area contributed by atoms with Crippen molar-refractivity contribution in [1.82, 2.24) is 5.32 Å². The summed E-state index contributed by atoms with van der Waals surface area (Å²) in [4.78, 5) is 1.35. The highest BCUT2D eigenvalue weighted by atomic mass is 32.1. The number of benzene rings is 1. The lowest BCUT2D eigenvalue weighted by molar-refractivity contribution is 0.339. The van der Waals surface area contributed by atoms with Gasteiger partial charge in [0.1, 0.15) is 5.75 Å². The molecule has 0 fully saturated rings. The number of ether oxygens (including phenoxy) is 1. The van der Waals surface area contributed by atoms with Gasteiger partial charge in [-0.1, -0.05) is 19.1 Å². The summed E-state index contributed by atoms with van der Waals surface area (Å²) < 4.78 is 5.59. The molecule has 2 nitrogen and oxygen atoms in total. The van der Waals surface area contributed by atoms with Gasteiger partial charge in [-0.15, -0.1) is 11.3 Å². The summed E-state index contributed by atoms with van der Waals surface area (Å²) in [7, 11) is 0. The van der Waals surface area contributed by atoms with Crippen LogP contribution < -0.4 is 10.1 Å². The van der Waals surface area contributed by atoms with E-state index in [4.69, 9.17) is 4.74 Å². The first kappa shape index (κ1) is 14.1. The third-order valence-electron chi connectivity index (χ3n) is 2.99. The van der Waals surface area contributed by atoms with Gasteiger partial charge >= 0.3 is 0 Å². The van der Waals surface area contributed by atoms with Crippen LogP contribution in [0.5, 0.6) is 5.75 Å². The maximum atomic E-state index is 5.59. The van der Waals surface area contributed by atoms with E-state index < -0.39 is 0 Å². The number of nitrogens with one attached hydrogen (secondary N) is 1. The molecule has 3 heteroatoms. The Balaban J connectivity index is 2.30. The van der Waals surface area contributed by atoms with E-state index in [-0.39, 0.29) is 6.04 Å². The lowest BCUT2D eigenvalue weighted by Crippen LogP contribution is -2.21. The average Bonchev–Trinajstić information content (AvgIpc) is 2.83. The van der Waals surface area contributed by atoms with Crippen molar-refractivity contribution in [2.75, 3.05) is 13.2 Å². The van der Waals surface area contributed by atoms with Crippen molar-refractivity contribution in [3.05, 3.63) is 51.7 Å². The summed E-state index contributed by atoms with van der Waals surface area (Å²) in [5.74, 6) is 0.940. The number of hydrogen-bond donors (Lipinski definition) is 1. The normalized spacial score (nSPS) is 12.4. The molecule has 0 bridgehead atoms. The predicted octanol–water partition coefficient (Wildman–Crippen LogP) is 4.15. The Bertz CT molecular complexity index is 521. The van der Waals surface area contributed by atoms with Gasteiger partial charge in [-0.05, 0) is 55.1 Å². The second-order valence-corrected chi connectivity index (χ2v) is 5.60. The van der Waals surface area contributed by atoms with E-state index in [2.05, 4.69) is 48.8 Å². The fourth-order valence-electron chi connectivity index (χ4n) is 2.20. The molecule has 1 unspecified atom stereocenters. The maximum absolute atomic E-state index is 5.59. The van der Waals surface area contributed by atoms with Crippen molar-refractivity contribution in [2.24, 2.45) is 0 Å². The molecule has 0 spiro atoms. The smallest absolute Gasteiger partial charge is 0.119 e. The standard InChI is InChI=1S/C16H21NOS/c1-4-17-16(14-9-12(3)19-11-14)13-7-6-8-15(10-13)18-5-2/h6-11,16-17H,4-5H2,1-3H3. The predicted molar refractivity (Wildman–Crippen MR) is 82.2 cm³/mol. The summed E-state index contributed by atoms with van der Waals surface area (Å²) in [5.41, 5.74) is 2.59. The number of hydrogen-bond acceptors (Lipinski definition) is 3. The Morgan fingerprint density at radius 2 is 2.05 bits per heavy atom. The summed E-state index contributed by atoms with van der Waals surface area (Å²) in [6.45, 7) is 7.94. The molecule has 0 aliphatic carbocycles. The third kappa shape index (κ3) is 3.58. The van der Waals surface area contributed by atoms with Gasteiger partial charge in [0.25, 0.3) is 0 Å². The molecular weight excluding hydrogens is 254 g/mol. The van der Waals surface area contributed by atoms with E-state index >= 15 is 0 Å². The molecule has 1 heterocycles. The summed E-state index contributed by atoms with van der Waals surface area (Å²) >= 11 is 1.80. The second-order valence-electron chi connectivity index (χ2n) is 4.49. The zero-order chi connectivity index (χ0) is 13.7. The number of aryl methyl sites for hydroxylation is 1. The third-order valence-corrected chi connectivity index (χ3v) is 3.87. The lowest BCUT2D eigenvalue weighted by atomic mass is 10.0. The van der Waals surface area contributed by atoms with E-state index in [0.717, 1.165) is 12.3 Å². The highest BCUT2D eigenvalue weighted by Crippen LogP contribution is 2.28. The molecule has 0 saturated carbocycles. The molecular formula is C16H21NOS. The molecule has 1 N–H and O–H groups in total. The van der Waals surface area contributed by atoms with Crippen molar-refractivity contribution in [2.45, 2.75) is 26.8 Å². The summed E-state index contributed by atoms with van der Waals surface area (Å²) in [6, 6.07) is 10.9. The highest BCUT2D eigenvalue weighted by Gasteiger charge is 2.14. The van der Waals surface area contributed by atoms with Crippen LogP contribution in [0.3, 0.4) is 0 Å². The van der Waals surface area contributed by atoms with E-state index in [1.807, 2.05) is 13.0 Å². The number of thiophene rings is 1. The van der Waals surface area contributed by atoms with Crippen LogP contribution in [0.15, 0.2) is 35.7 Å². The topological polar surface area (TPSA) is 21.3 Å². The van der Waals surface area contributed by atoms with E-state index in [0.29, 0.717) is 6.61 Å². The van der Waals surface area contributed by atoms with Crippen LogP contribution >= 0.6 is 11.3 Å². The first-order valence-corrected chi connectivity index (χ1v) is 7.63. The van der Waals surface area contributed by atoms with Crippen LogP contribution in [0.1, 0.15) is 35.9 Å². The van der Waals surface area contributed by atoms with Gasteiger partial charge in [0.05, 0.1) is 12.6 Å². The SMILES string of the molecule is CCNC(c1cccc(OCC)c1)c1csc(C)c1. The first-order valence-electron chi connectivity index (χ1n) is 6.75. The van der Waals surface area contributed by atoms with Gasteiger partial charge in [-0.25, -0.2) is 0 Å². The van der Waals surface area contributed by atoms with Gasteiger partial charge < -0.3 is 10.1 Å². The van der Waals surface area contributed by atoms with Crippen LogP contribution in [0, 0.1) is 6.92 Å².